The molecule has 5 nitrogen and oxygen atoms in total. The van der Waals surface area contributed by atoms with Gasteiger partial charge in [0.25, 0.3) is 5.91 Å². The summed E-state index contributed by atoms with van der Waals surface area (Å²) in [6.07, 6.45) is 1.58. The fraction of sp³-hybridized carbons (Fsp3) is 0.250. The quantitative estimate of drug-likeness (QED) is 0.746. The molecule has 1 aliphatic heterocycles. The second-order valence-corrected chi connectivity index (χ2v) is 6.21. The second kappa shape index (κ2) is 9.34. The topological polar surface area (TPSA) is 62.5 Å². The van der Waals surface area contributed by atoms with Crippen LogP contribution in [0.5, 0.6) is 0 Å². The molecule has 2 aromatic rings. The first-order valence-electron chi connectivity index (χ1n) is 7.25. The van der Waals surface area contributed by atoms with Gasteiger partial charge in [-0.15, -0.1) is 24.8 Å². The van der Waals surface area contributed by atoms with Gasteiger partial charge in [-0.2, -0.15) is 0 Å². The number of piperazine rings is 1. The highest BCUT2D eigenvalue weighted by atomic mass is 35.5. The smallest absolute Gasteiger partial charge is 0.254 e. The highest BCUT2D eigenvalue weighted by Crippen LogP contribution is 2.27. The van der Waals surface area contributed by atoms with Gasteiger partial charge in [0.05, 0.1) is 10.0 Å². The predicted octanol–water partition coefficient (Wildman–Crippen LogP) is 3.78. The first kappa shape index (κ1) is 21.6. The van der Waals surface area contributed by atoms with E-state index in [0.717, 1.165) is 0 Å². The second-order valence-electron chi connectivity index (χ2n) is 5.36. The van der Waals surface area contributed by atoms with Crippen LogP contribution in [0.15, 0.2) is 36.5 Å². The van der Waals surface area contributed by atoms with Crippen LogP contribution >= 0.6 is 48.0 Å². The first-order valence-corrected chi connectivity index (χ1v) is 8.01. The van der Waals surface area contributed by atoms with Gasteiger partial charge in [0.1, 0.15) is 5.82 Å². The van der Waals surface area contributed by atoms with Crippen LogP contribution in [0.2, 0.25) is 10.0 Å². The Hall–Kier alpha value is -1.40. The highest BCUT2D eigenvalue weighted by molar-refractivity contribution is 6.36. The highest BCUT2D eigenvalue weighted by Gasteiger charge is 2.24. The minimum absolute atomic E-state index is 0. The van der Waals surface area contributed by atoms with Gasteiger partial charge in [-0.25, -0.2) is 4.98 Å². The Bertz CT molecular complexity index is 736. The maximum atomic E-state index is 12.5. The van der Waals surface area contributed by atoms with E-state index in [4.69, 9.17) is 28.9 Å². The zero-order chi connectivity index (χ0) is 16.4. The van der Waals surface area contributed by atoms with E-state index in [1.807, 2.05) is 4.90 Å². The van der Waals surface area contributed by atoms with E-state index in [1.165, 1.54) is 0 Å². The first-order chi connectivity index (χ1) is 11.0. The van der Waals surface area contributed by atoms with Gasteiger partial charge in [-0.05, 0) is 24.3 Å². The van der Waals surface area contributed by atoms with Crippen LogP contribution in [0.4, 0.5) is 11.5 Å². The third-order valence-corrected chi connectivity index (χ3v) is 4.27. The zero-order valence-electron chi connectivity index (χ0n) is 13.2. The third kappa shape index (κ3) is 5.05. The van der Waals surface area contributed by atoms with Gasteiger partial charge >= 0.3 is 0 Å². The van der Waals surface area contributed by atoms with Crippen LogP contribution in [0, 0.1) is 0 Å². The number of nitrogens with zero attached hydrogens (tertiary/aromatic N) is 3. The predicted molar refractivity (Wildman–Crippen MR) is 108 cm³/mol. The lowest BCUT2D eigenvalue weighted by Crippen LogP contribution is -2.49. The lowest BCUT2D eigenvalue weighted by molar-refractivity contribution is 0.0746. The Morgan fingerprint density at radius 1 is 1.08 bits per heavy atom. The lowest BCUT2D eigenvalue weighted by Gasteiger charge is -2.35. The molecule has 0 bridgehead atoms. The van der Waals surface area contributed by atoms with Crippen LogP contribution in [0.25, 0.3) is 0 Å². The maximum Gasteiger partial charge on any atom is 0.254 e. The summed E-state index contributed by atoms with van der Waals surface area (Å²) < 4.78 is 0. The van der Waals surface area contributed by atoms with Gasteiger partial charge in [0, 0.05) is 43.6 Å². The number of rotatable bonds is 2. The molecule has 0 radical (unpaired) electrons. The van der Waals surface area contributed by atoms with Crippen LogP contribution in [-0.4, -0.2) is 42.0 Å². The number of carbonyl (C=O) groups is 1. The Morgan fingerprint density at radius 3 is 2.36 bits per heavy atom. The van der Waals surface area contributed by atoms with E-state index >= 15 is 0 Å². The molecule has 1 aromatic carbocycles. The van der Waals surface area contributed by atoms with Crippen molar-refractivity contribution < 1.29 is 4.79 Å². The number of hydrogen-bond donors (Lipinski definition) is 1. The van der Waals surface area contributed by atoms with Gasteiger partial charge < -0.3 is 15.5 Å². The van der Waals surface area contributed by atoms with Gasteiger partial charge in [-0.1, -0.05) is 29.3 Å². The Balaban J connectivity index is 0.00000156. The number of nitrogens with two attached hydrogens (primary N) is 1. The number of pyridine rings is 1. The van der Waals surface area contributed by atoms with Crippen molar-refractivity contribution in [1.82, 2.24) is 9.88 Å². The van der Waals surface area contributed by atoms with E-state index in [-0.39, 0.29) is 30.7 Å². The van der Waals surface area contributed by atoms with E-state index in [2.05, 4.69) is 9.88 Å². The SMILES string of the molecule is Cl.Cl.Nc1cccc(C(=O)N2CCN(c3ncc(Cl)cc3Cl)CC2)c1. The molecule has 1 amide bonds. The largest absolute Gasteiger partial charge is 0.399 e. The molecule has 1 saturated heterocycles. The number of benzene rings is 1. The molecule has 0 unspecified atom stereocenters. The number of hydrogen-bond acceptors (Lipinski definition) is 4. The van der Waals surface area contributed by atoms with Crippen molar-refractivity contribution in [3.63, 3.8) is 0 Å². The number of carbonyl (C=O) groups excluding carboxylic acids is 1. The number of halogens is 4. The average molecular weight is 424 g/mol. The Labute approximate surface area is 168 Å². The Kier molecular flexibility index (Phi) is 8.09. The monoisotopic (exact) mass is 422 g/mol. The van der Waals surface area contributed by atoms with Crippen molar-refractivity contribution in [2.45, 2.75) is 0 Å². The van der Waals surface area contributed by atoms with Crippen molar-refractivity contribution in [2.75, 3.05) is 36.8 Å². The third-order valence-electron chi connectivity index (χ3n) is 3.79. The van der Waals surface area contributed by atoms with Gasteiger partial charge in [-0.3, -0.25) is 4.79 Å². The molecule has 1 fully saturated rings. The van der Waals surface area contributed by atoms with E-state index in [0.29, 0.717) is 53.3 Å². The van der Waals surface area contributed by atoms with Crippen molar-refractivity contribution in [2.24, 2.45) is 0 Å². The molecule has 2 heterocycles. The van der Waals surface area contributed by atoms with E-state index in [1.54, 1.807) is 36.5 Å². The molecule has 3 rings (SSSR count). The van der Waals surface area contributed by atoms with Gasteiger partial charge in [0.2, 0.25) is 0 Å². The summed E-state index contributed by atoms with van der Waals surface area (Å²) in [7, 11) is 0. The average Bonchev–Trinajstić information content (AvgIpc) is 2.54. The summed E-state index contributed by atoms with van der Waals surface area (Å²) in [4.78, 5) is 20.7. The fourth-order valence-electron chi connectivity index (χ4n) is 2.62. The van der Waals surface area contributed by atoms with E-state index in [9.17, 15) is 4.79 Å². The van der Waals surface area contributed by atoms with Gasteiger partial charge in [0.15, 0.2) is 0 Å². The van der Waals surface area contributed by atoms with Crippen LogP contribution < -0.4 is 10.6 Å². The van der Waals surface area contributed by atoms with Crippen molar-refractivity contribution in [3.8, 4) is 0 Å². The summed E-state index contributed by atoms with van der Waals surface area (Å²) in [5, 5.41) is 1.03. The number of aromatic nitrogens is 1. The number of nitrogen functional groups attached to an aromatic ring is 1. The molecular weight excluding hydrogens is 406 g/mol. The van der Waals surface area contributed by atoms with Crippen LogP contribution in [0.1, 0.15) is 10.4 Å². The van der Waals surface area contributed by atoms with Crippen molar-refractivity contribution >= 4 is 65.4 Å². The zero-order valence-corrected chi connectivity index (χ0v) is 16.3. The molecule has 2 N–H and O–H groups in total. The van der Waals surface area contributed by atoms with Crippen molar-refractivity contribution in [1.29, 1.82) is 0 Å². The summed E-state index contributed by atoms with van der Waals surface area (Å²) in [5.74, 6) is 0.694. The minimum atomic E-state index is -0.00730. The summed E-state index contributed by atoms with van der Waals surface area (Å²) in [6.45, 7) is 2.55. The van der Waals surface area contributed by atoms with Crippen molar-refractivity contribution in [3.05, 3.63) is 52.1 Å². The molecule has 25 heavy (non-hydrogen) atoms. The number of anilines is 2. The molecule has 0 saturated carbocycles. The van der Waals surface area contributed by atoms with E-state index < -0.39 is 0 Å². The molecular formula is C16H18Cl4N4O. The lowest BCUT2D eigenvalue weighted by atomic mass is 10.1. The van der Waals surface area contributed by atoms with Crippen LogP contribution in [-0.2, 0) is 0 Å². The molecule has 0 atom stereocenters. The molecule has 0 aliphatic carbocycles. The molecule has 9 heteroatoms. The maximum absolute atomic E-state index is 12.5. The number of amides is 1. The molecule has 0 spiro atoms. The summed E-state index contributed by atoms with van der Waals surface area (Å²) in [6, 6.07) is 8.71. The standard InChI is InChI=1S/C16H16Cl2N4O.2ClH/c17-12-9-14(18)15(20-10-12)21-4-6-22(7-5-21)16(23)11-2-1-3-13(19)8-11;;/h1-3,8-10H,4-7,19H2;2*1H. The minimum Gasteiger partial charge on any atom is -0.399 e. The summed E-state index contributed by atoms with van der Waals surface area (Å²) >= 11 is 12.1. The molecule has 1 aliphatic rings. The molecule has 136 valence electrons. The Morgan fingerprint density at radius 2 is 1.76 bits per heavy atom. The van der Waals surface area contributed by atoms with Crippen LogP contribution in [0.3, 0.4) is 0 Å². The normalized spacial score (nSPS) is 13.7. The molecule has 1 aromatic heterocycles. The summed E-state index contributed by atoms with van der Waals surface area (Å²) in [5.41, 5.74) is 6.94. The fourth-order valence-corrected chi connectivity index (χ4v) is 3.12.